The molecule has 3 aromatic heterocycles. The number of anilines is 2. The number of rotatable bonds is 6. The van der Waals surface area contributed by atoms with Crippen LogP contribution in [0.3, 0.4) is 0 Å². The Morgan fingerprint density at radius 2 is 2.00 bits per heavy atom. The van der Waals surface area contributed by atoms with Crippen LogP contribution in [0.5, 0.6) is 5.75 Å². The molecule has 4 aromatic rings. The van der Waals surface area contributed by atoms with Gasteiger partial charge in [-0.25, -0.2) is 14.4 Å². The van der Waals surface area contributed by atoms with Crippen molar-refractivity contribution in [2.75, 3.05) is 30.0 Å². The van der Waals surface area contributed by atoms with Gasteiger partial charge in [-0.2, -0.15) is 4.39 Å². The summed E-state index contributed by atoms with van der Waals surface area (Å²) in [5.74, 6) is -5.38. The molecule has 2 amide bonds. The number of nitrogens with two attached hydrogens (primary N) is 1. The molecule has 42 heavy (non-hydrogen) atoms. The number of primary amides is 1. The Bertz CT molecular complexity index is 1820. The molecular formula is C27H26ClF2N7O5. The number of ether oxygens (including phenoxy) is 1. The van der Waals surface area contributed by atoms with E-state index < -0.39 is 52.4 Å². The first-order valence-electron chi connectivity index (χ1n) is 12.8. The minimum atomic E-state index is -1.71. The second-order valence-electron chi connectivity index (χ2n) is 9.89. The second-order valence-corrected chi connectivity index (χ2v) is 10.3. The zero-order valence-corrected chi connectivity index (χ0v) is 23.5. The van der Waals surface area contributed by atoms with Gasteiger partial charge < -0.3 is 30.4 Å². The molecule has 1 aliphatic rings. The molecule has 4 heterocycles. The lowest BCUT2D eigenvalue weighted by Crippen LogP contribution is -2.44. The molecule has 1 fully saturated rings. The fraction of sp³-hybridized carbons (Fsp3) is 0.296. The predicted molar refractivity (Wildman–Crippen MR) is 151 cm³/mol. The summed E-state index contributed by atoms with van der Waals surface area (Å²) in [5.41, 5.74) is 3.57. The highest BCUT2D eigenvalue weighted by Crippen LogP contribution is 2.36. The molecule has 0 spiro atoms. The number of carbonyl (C=O) groups is 2. The number of nitrogens with one attached hydrogen (secondary N) is 1. The minimum absolute atomic E-state index is 0.0120. The third-order valence-corrected chi connectivity index (χ3v) is 7.45. The fourth-order valence-electron chi connectivity index (χ4n) is 4.84. The highest BCUT2D eigenvalue weighted by molar-refractivity contribution is 6.33. The number of morpholine rings is 1. The number of pyridine rings is 1. The van der Waals surface area contributed by atoms with Crippen molar-refractivity contribution in [1.29, 1.82) is 0 Å². The van der Waals surface area contributed by atoms with Crippen molar-refractivity contribution in [3.05, 3.63) is 62.9 Å². The van der Waals surface area contributed by atoms with Crippen molar-refractivity contribution in [1.82, 2.24) is 19.1 Å². The monoisotopic (exact) mass is 601 g/mol. The van der Waals surface area contributed by atoms with Crippen molar-refractivity contribution < 1.29 is 28.2 Å². The zero-order chi connectivity index (χ0) is 30.5. The van der Waals surface area contributed by atoms with Crippen LogP contribution < -0.4 is 21.5 Å². The van der Waals surface area contributed by atoms with E-state index in [1.165, 1.54) is 28.6 Å². The van der Waals surface area contributed by atoms with Gasteiger partial charge in [0.25, 0.3) is 11.5 Å². The second kappa shape index (κ2) is 11.0. The number of hydrogen-bond acceptors (Lipinski definition) is 8. The summed E-state index contributed by atoms with van der Waals surface area (Å²) in [4.78, 5) is 49.1. The number of nitrogens with zero attached hydrogens (tertiary/aromatic N) is 5. The van der Waals surface area contributed by atoms with Crippen molar-refractivity contribution >= 4 is 46.0 Å². The Hall–Kier alpha value is -4.56. The van der Waals surface area contributed by atoms with Gasteiger partial charge in [0, 0.05) is 37.0 Å². The Morgan fingerprint density at radius 1 is 1.26 bits per heavy atom. The lowest BCUT2D eigenvalue weighted by molar-refractivity contribution is -0.116. The molecule has 220 valence electrons. The van der Waals surface area contributed by atoms with E-state index in [1.54, 1.807) is 13.0 Å². The molecule has 1 aliphatic heterocycles. The molecule has 0 unspecified atom stereocenters. The molecule has 0 radical (unpaired) electrons. The quantitative estimate of drug-likeness (QED) is 0.304. The van der Waals surface area contributed by atoms with Gasteiger partial charge in [0.05, 0.1) is 47.1 Å². The normalized spacial score (nSPS) is 15.3. The molecule has 1 aromatic carbocycles. The highest BCUT2D eigenvalue weighted by atomic mass is 35.5. The molecule has 0 saturated carbocycles. The maximum atomic E-state index is 15.1. The molecule has 5 rings (SSSR count). The molecular weight excluding hydrogens is 576 g/mol. The molecule has 12 nitrogen and oxygen atoms in total. The third kappa shape index (κ3) is 5.03. The van der Waals surface area contributed by atoms with Crippen LogP contribution in [0.1, 0.15) is 23.1 Å². The van der Waals surface area contributed by atoms with E-state index in [0.29, 0.717) is 31.3 Å². The molecule has 15 heteroatoms. The van der Waals surface area contributed by atoms with E-state index in [-0.39, 0.29) is 33.5 Å². The number of amides is 2. The zero-order valence-electron chi connectivity index (χ0n) is 22.7. The van der Waals surface area contributed by atoms with Crippen LogP contribution in [0.2, 0.25) is 5.02 Å². The number of carbonyl (C=O) groups excluding carboxylic acids is 2. The van der Waals surface area contributed by atoms with E-state index in [9.17, 15) is 23.9 Å². The van der Waals surface area contributed by atoms with E-state index in [4.69, 9.17) is 22.1 Å². The third-order valence-electron chi connectivity index (χ3n) is 7.15. The van der Waals surface area contributed by atoms with Crippen LogP contribution in [-0.2, 0) is 23.1 Å². The van der Waals surface area contributed by atoms with E-state index in [0.717, 1.165) is 6.07 Å². The van der Waals surface area contributed by atoms with Crippen LogP contribution in [0.25, 0.3) is 22.2 Å². The summed E-state index contributed by atoms with van der Waals surface area (Å²) in [6.45, 7) is 4.80. The van der Waals surface area contributed by atoms with E-state index in [1.807, 2.05) is 11.8 Å². The number of benzene rings is 1. The van der Waals surface area contributed by atoms with Gasteiger partial charge in [0.2, 0.25) is 11.7 Å². The number of hydrogen-bond donors (Lipinski definition) is 3. The number of aromatic nitrogens is 4. The minimum Gasteiger partial charge on any atom is -0.504 e. The summed E-state index contributed by atoms with van der Waals surface area (Å²) in [7, 11) is 1.44. The van der Waals surface area contributed by atoms with Gasteiger partial charge in [-0.1, -0.05) is 11.6 Å². The summed E-state index contributed by atoms with van der Waals surface area (Å²) in [5, 5.41) is 12.7. The van der Waals surface area contributed by atoms with Crippen LogP contribution in [0, 0.1) is 18.6 Å². The SMILES string of the molecule is Cc1nc2c(c(-c3cc(C(N)=O)c(O)c(F)c3F)cn2CC(=O)Nc2cc(N3CCOC[C@@H]3C)ncc2Cl)c(=O)n1C. The van der Waals surface area contributed by atoms with Crippen molar-refractivity contribution in [3.63, 3.8) is 0 Å². The van der Waals surface area contributed by atoms with Gasteiger partial charge in [0.15, 0.2) is 11.6 Å². The Kier molecular flexibility index (Phi) is 7.60. The van der Waals surface area contributed by atoms with Gasteiger partial charge in [-0.3, -0.25) is 19.0 Å². The first-order valence-corrected chi connectivity index (χ1v) is 13.1. The average molecular weight is 602 g/mol. The molecule has 1 saturated heterocycles. The van der Waals surface area contributed by atoms with Gasteiger partial charge in [-0.15, -0.1) is 0 Å². The Morgan fingerprint density at radius 3 is 2.69 bits per heavy atom. The van der Waals surface area contributed by atoms with Crippen LogP contribution >= 0.6 is 11.6 Å². The smallest absolute Gasteiger partial charge is 0.263 e. The molecule has 4 N–H and O–H groups in total. The highest BCUT2D eigenvalue weighted by Gasteiger charge is 2.27. The first-order chi connectivity index (χ1) is 19.9. The molecule has 0 aliphatic carbocycles. The van der Waals surface area contributed by atoms with Gasteiger partial charge >= 0.3 is 0 Å². The van der Waals surface area contributed by atoms with Crippen LogP contribution in [-0.4, -0.2) is 61.8 Å². The first kappa shape index (κ1) is 29.0. The van der Waals surface area contributed by atoms with Crippen LogP contribution in [0.4, 0.5) is 20.3 Å². The largest absolute Gasteiger partial charge is 0.504 e. The van der Waals surface area contributed by atoms with E-state index in [2.05, 4.69) is 15.3 Å². The number of phenols is 1. The lowest BCUT2D eigenvalue weighted by Gasteiger charge is -2.34. The number of aromatic hydroxyl groups is 1. The maximum Gasteiger partial charge on any atom is 0.263 e. The van der Waals surface area contributed by atoms with Crippen LogP contribution in [0.15, 0.2) is 29.3 Å². The lowest BCUT2D eigenvalue weighted by atomic mass is 10.0. The van der Waals surface area contributed by atoms with Crippen molar-refractivity contribution in [2.24, 2.45) is 12.8 Å². The number of halogens is 3. The average Bonchev–Trinajstić information content (AvgIpc) is 3.29. The van der Waals surface area contributed by atoms with E-state index >= 15 is 4.39 Å². The summed E-state index contributed by atoms with van der Waals surface area (Å²) >= 11 is 6.32. The maximum absolute atomic E-state index is 15.1. The summed E-state index contributed by atoms with van der Waals surface area (Å²) in [6.07, 6.45) is 2.66. The number of fused-ring (bicyclic) bond motifs is 1. The molecule has 0 bridgehead atoms. The number of aryl methyl sites for hydroxylation is 1. The predicted octanol–water partition coefficient (Wildman–Crippen LogP) is 2.71. The standard InChI is InChI=1S/C27H26ClF2N7O5/c1-12-11-42-5-4-37(12)19-7-18(17(28)8-32-19)34-20(38)10-36-9-16(21-26(36)33-13(2)35(3)27(21)41)14-6-15(25(31)40)24(39)23(30)22(14)29/h6-9,12,39H,4-5,10-11H2,1-3H3,(H2,31,40)(H,32,34,38)/t12-/m0/s1. The summed E-state index contributed by atoms with van der Waals surface area (Å²) < 4.78 is 37.7. The summed E-state index contributed by atoms with van der Waals surface area (Å²) in [6, 6.07) is 2.54. The van der Waals surface area contributed by atoms with Gasteiger partial charge in [0.1, 0.15) is 23.8 Å². The molecule has 1 atom stereocenters. The topological polar surface area (TPSA) is 158 Å². The van der Waals surface area contributed by atoms with Crippen molar-refractivity contribution in [3.8, 4) is 16.9 Å². The van der Waals surface area contributed by atoms with Gasteiger partial charge in [-0.05, 0) is 19.9 Å². The van der Waals surface area contributed by atoms with Crippen molar-refractivity contribution in [2.45, 2.75) is 26.4 Å². The Balaban J connectivity index is 1.56. The fourth-order valence-corrected chi connectivity index (χ4v) is 4.99. The Labute approximate surface area is 242 Å².